The molecule has 0 unspecified atom stereocenters. The van der Waals surface area contributed by atoms with Gasteiger partial charge >= 0.3 is 0 Å². The maximum absolute atomic E-state index is 4.13. The summed E-state index contributed by atoms with van der Waals surface area (Å²) < 4.78 is 4.93. The fourth-order valence-electron chi connectivity index (χ4n) is 9.96. The molecule has 0 aliphatic heterocycles. The Kier molecular flexibility index (Phi) is 8.13. The Bertz CT molecular complexity index is 3490. The highest BCUT2D eigenvalue weighted by Crippen LogP contribution is 2.42. The van der Waals surface area contributed by atoms with E-state index >= 15 is 0 Å². The highest BCUT2D eigenvalue weighted by Gasteiger charge is 2.38. The number of nitrogens with zero attached hydrogens (tertiary/aromatic N) is 2. The standard InChI is InChI=1S/C58H38N2Si/c1-4-20-42(21-5-1)61(43-22-6-2-7-23-43,44-24-8-3-9-25-44)39-38-47-45-26-10-12-31-52(45)58(53-32-13-11-27-46(47)53)60-56-35-19-16-30-50(56)51-37-36-41(40-57(51)60)59-54-33-17-14-28-48(54)49-29-15-18-34-55(49)59/h1-37,40H. The maximum Gasteiger partial charge on any atom is 0.230 e. The minimum absolute atomic E-state index is 1.06. The summed E-state index contributed by atoms with van der Waals surface area (Å²) in [4.78, 5) is 0. The van der Waals surface area contributed by atoms with Gasteiger partial charge < -0.3 is 9.13 Å². The number of benzene rings is 10. The lowest BCUT2D eigenvalue weighted by molar-refractivity contribution is 1.17. The molecule has 10 aromatic carbocycles. The molecule has 0 saturated heterocycles. The predicted molar refractivity (Wildman–Crippen MR) is 261 cm³/mol. The van der Waals surface area contributed by atoms with Crippen molar-refractivity contribution in [2.75, 3.05) is 0 Å². The second kappa shape index (κ2) is 14.1. The summed E-state index contributed by atoms with van der Waals surface area (Å²) in [5.74, 6) is 3.97. The molecule has 2 aromatic heterocycles. The van der Waals surface area contributed by atoms with Crippen molar-refractivity contribution in [1.82, 2.24) is 9.13 Å². The molecular weight excluding hydrogens is 753 g/mol. The lowest BCUT2D eigenvalue weighted by Gasteiger charge is -2.28. The molecular formula is C58H38N2Si. The van der Waals surface area contributed by atoms with Crippen LogP contribution in [0.3, 0.4) is 0 Å². The highest BCUT2D eigenvalue weighted by molar-refractivity contribution is 7.16. The lowest BCUT2D eigenvalue weighted by atomic mass is 9.95. The van der Waals surface area contributed by atoms with E-state index in [1.54, 1.807) is 0 Å². The number of rotatable bonds is 5. The normalized spacial score (nSPS) is 11.8. The summed E-state index contributed by atoms with van der Waals surface area (Å²) in [5, 5.41) is 13.4. The van der Waals surface area contributed by atoms with E-state index in [2.05, 4.69) is 251 Å². The molecule has 12 aromatic rings. The Morgan fingerprint density at radius 3 is 1.11 bits per heavy atom. The molecule has 0 radical (unpaired) electrons. The Morgan fingerprint density at radius 2 is 0.656 bits per heavy atom. The zero-order valence-electron chi connectivity index (χ0n) is 33.3. The number of fused-ring (bicyclic) bond motifs is 8. The van der Waals surface area contributed by atoms with Crippen molar-refractivity contribution >= 4 is 88.8 Å². The van der Waals surface area contributed by atoms with Gasteiger partial charge in [-0.05, 0) is 45.9 Å². The molecule has 61 heavy (non-hydrogen) atoms. The van der Waals surface area contributed by atoms with E-state index in [1.807, 2.05) is 0 Å². The Morgan fingerprint density at radius 1 is 0.295 bits per heavy atom. The molecule has 2 nitrogen and oxygen atoms in total. The molecule has 0 aliphatic rings. The smallest absolute Gasteiger partial charge is 0.230 e. The summed E-state index contributed by atoms with van der Waals surface area (Å²) in [6, 6.07) is 84.0. The van der Waals surface area contributed by atoms with Crippen molar-refractivity contribution in [2.45, 2.75) is 0 Å². The Hall–Kier alpha value is -7.90. The summed E-state index contributed by atoms with van der Waals surface area (Å²) >= 11 is 0. The van der Waals surface area contributed by atoms with Crippen LogP contribution in [0.25, 0.3) is 76.5 Å². The van der Waals surface area contributed by atoms with Gasteiger partial charge in [0.15, 0.2) is 0 Å². The summed E-state index contributed by atoms with van der Waals surface area (Å²) in [7, 11) is -2.86. The van der Waals surface area contributed by atoms with Crippen LogP contribution in [0.2, 0.25) is 0 Å². The topological polar surface area (TPSA) is 9.86 Å². The van der Waals surface area contributed by atoms with Gasteiger partial charge in [0.25, 0.3) is 0 Å². The molecule has 0 saturated carbocycles. The van der Waals surface area contributed by atoms with Gasteiger partial charge in [0.2, 0.25) is 8.07 Å². The number of hydrogen-bond donors (Lipinski definition) is 0. The van der Waals surface area contributed by atoms with Crippen LogP contribution in [0, 0.1) is 11.5 Å². The van der Waals surface area contributed by atoms with Gasteiger partial charge in [-0.3, -0.25) is 0 Å². The molecule has 0 fully saturated rings. The molecule has 0 bridgehead atoms. The second-order valence-electron chi connectivity index (χ2n) is 15.8. The van der Waals surface area contributed by atoms with Crippen LogP contribution in [-0.2, 0) is 0 Å². The van der Waals surface area contributed by atoms with E-state index in [4.69, 9.17) is 0 Å². The van der Waals surface area contributed by atoms with Gasteiger partial charge in [-0.1, -0.05) is 206 Å². The van der Waals surface area contributed by atoms with Crippen molar-refractivity contribution in [2.24, 2.45) is 0 Å². The van der Waals surface area contributed by atoms with Gasteiger partial charge in [0, 0.05) is 54.3 Å². The largest absolute Gasteiger partial charge is 0.309 e. The number of hydrogen-bond acceptors (Lipinski definition) is 0. The molecule has 2 heterocycles. The zero-order chi connectivity index (χ0) is 40.3. The van der Waals surface area contributed by atoms with Crippen LogP contribution < -0.4 is 15.6 Å². The summed E-state index contributed by atoms with van der Waals surface area (Å²) in [5.41, 5.74) is 12.2. The molecule has 0 spiro atoms. The third-order valence-corrected chi connectivity index (χ3v) is 16.7. The molecule has 0 N–H and O–H groups in total. The van der Waals surface area contributed by atoms with E-state index in [-0.39, 0.29) is 0 Å². The van der Waals surface area contributed by atoms with Crippen LogP contribution in [-0.4, -0.2) is 17.2 Å². The van der Waals surface area contributed by atoms with E-state index in [0.29, 0.717) is 0 Å². The Labute approximate surface area is 355 Å². The molecule has 0 amide bonds. The minimum Gasteiger partial charge on any atom is -0.309 e. The van der Waals surface area contributed by atoms with Crippen LogP contribution in [0.4, 0.5) is 0 Å². The first-order chi connectivity index (χ1) is 30.3. The molecule has 0 aliphatic carbocycles. The lowest BCUT2D eigenvalue weighted by Crippen LogP contribution is -2.66. The molecule has 3 heteroatoms. The summed E-state index contributed by atoms with van der Waals surface area (Å²) in [6.45, 7) is 0. The van der Waals surface area contributed by atoms with Gasteiger partial charge in [-0.15, -0.1) is 5.54 Å². The van der Waals surface area contributed by atoms with Crippen LogP contribution in [0.15, 0.2) is 231 Å². The van der Waals surface area contributed by atoms with Crippen molar-refractivity contribution in [3.63, 3.8) is 0 Å². The quantitative estimate of drug-likeness (QED) is 0.0711. The average molecular weight is 791 g/mol. The average Bonchev–Trinajstić information content (AvgIpc) is 3.85. The first-order valence-corrected chi connectivity index (χ1v) is 22.9. The monoisotopic (exact) mass is 790 g/mol. The van der Waals surface area contributed by atoms with Crippen molar-refractivity contribution in [3.05, 3.63) is 236 Å². The van der Waals surface area contributed by atoms with Gasteiger partial charge in [0.05, 0.1) is 27.8 Å². The molecule has 0 atom stereocenters. The van der Waals surface area contributed by atoms with Gasteiger partial charge in [-0.25, -0.2) is 0 Å². The van der Waals surface area contributed by atoms with E-state index < -0.39 is 8.07 Å². The van der Waals surface area contributed by atoms with Crippen molar-refractivity contribution < 1.29 is 0 Å². The van der Waals surface area contributed by atoms with Crippen LogP contribution in [0.1, 0.15) is 5.56 Å². The summed E-state index contributed by atoms with van der Waals surface area (Å²) in [6.07, 6.45) is 0. The molecule has 284 valence electrons. The minimum atomic E-state index is -2.86. The number of para-hydroxylation sites is 3. The fourth-order valence-corrected chi connectivity index (χ4v) is 13.8. The van der Waals surface area contributed by atoms with E-state index in [1.165, 1.54) is 75.6 Å². The zero-order valence-corrected chi connectivity index (χ0v) is 34.3. The van der Waals surface area contributed by atoms with E-state index in [9.17, 15) is 0 Å². The number of aromatic nitrogens is 2. The van der Waals surface area contributed by atoms with Gasteiger partial charge in [0.1, 0.15) is 0 Å². The third kappa shape index (κ3) is 5.37. The fraction of sp³-hybridized carbons (Fsp3) is 0. The predicted octanol–water partition coefficient (Wildman–Crippen LogP) is 12.2. The van der Waals surface area contributed by atoms with Crippen LogP contribution >= 0.6 is 0 Å². The maximum atomic E-state index is 4.13. The van der Waals surface area contributed by atoms with Crippen LogP contribution in [0.5, 0.6) is 0 Å². The third-order valence-electron chi connectivity index (χ3n) is 12.6. The Balaban J connectivity index is 1.17. The second-order valence-corrected chi connectivity index (χ2v) is 19.3. The van der Waals surface area contributed by atoms with E-state index in [0.717, 1.165) is 22.0 Å². The SMILES string of the molecule is C(#C[Si](c1ccccc1)(c1ccccc1)c1ccccc1)c1c2ccccc2c(-n2c3ccccc3c3ccc(-n4c5ccccc5c5ccccc54)cc32)c2ccccc12. The first kappa shape index (κ1) is 35.1. The highest BCUT2D eigenvalue weighted by atomic mass is 28.3. The van der Waals surface area contributed by atoms with Crippen molar-refractivity contribution in [1.29, 1.82) is 0 Å². The first-order valence-electron chi connectivity index (χ1n) is 20.9. The molecule has 12 rings (SSSR count). The van der Waals surface area contributed by atoms with Crippen molar-refractivity contribution in [3.8, 4) is 22.8 Å². The van der Waals surface area contributed by atoms with Gasteiger partial charge in [-0.2, -0.15) is 0 Å².